The minimum atomic E-state index is -0.555. The number of hydrogen-bond donors (Lipinski definition) is 1. The molecule has 0 unspecified atom stereocenters. The van der Waals surface area contributed by atoms with E-state index in [9.17, 15) is 8.78 Å². The maximum Gasteiger partial charge on any atom is 0.136 e. The van der Waals surface area contributed by atoms with Crippen molar-refractivity contribution in [2.75, 3.05) is 19.6 Å². The van der Waals surface area contributed by atoms with E-state index in [0.717, 1.165) is 43.0 Å². The van der Waals surface area contributed by atoms with E-state index in [4.69, 9.17) is 5.73 Å². The van der Waals surface area contributed by atoms with Gasteiger partial charge in [-0.15, -0.1) is 11.3 Å². The van der Waals surface area contributed by atoms with Gasteiger partial charge < -0.3 is 5.73 Å². The van der Waals surface area contributed by atoms with Crippen molar-refractivity contribution in [3.63, 3.8) is 0 Å². The largest absolute Gasteiger partial charge is 0.330 e. The summed E-state index contributed by atoms with van der Waals surface area (Å²) < 4.78 is 27.7. The molecule has 0 saturated carbocycles. The first-order valence-electron chi connectivity index (χ1n) is 7.04. The Labute approximate surface area is 126 Å². The van der Waals surface area contributed by atoms with Crippen molar-refractivity contribution in [3.05, 3.63) is 40.4 Å². The first-order chi connectivity index (χ1) is 10.2. The van der Waals surface area contributed by atoms with Crippen LogP contribution < -0.4 is 5.73 Å². The van der Waals surface area contributed by atoms with Crippen molar-refractivity contribution >= 4 is 11.3 Å². The fraction of sp³-hybridized carbons (Fsp3) is 0.400. The fourth-order valence-electron chi connectivity index (χ4n) is 2.56. The minimum Gasteiger partial charge on any atom is -0.330 e. The summed E-state index contributed by atoms with van der Waals surface area (Å²) in [5.74, 6) is -1.11. The van der Waals surface area contributed by atoms with Crippen molar-refractivity contribution in [2.24, 2.45) is 5.73 Å². The van der Waals surface area contributed by atoms with E-state index in [0.29, 0.717) is 11.6 Å². The molecule has 0 spiro atoms. The zero-order valence-electron chi connectivity index (χ0n) is 11.6. The molecule has 3 rings (SSSR count). The Kier molecular flexibility index (Phi) is 4.28. The Morgan fingerprint density at radius 2 is 2.05 bits per heavy atom. The van der Waals surface area contributed by atoms with E-state index in [-0.39, 0.29) is 5.56 Å². The third kappa shape index (κ3) is 2.97. The smallest absolute Gasteiger partial charge is 0.136 e. The molecule has 0 aliphatic carbocycles. The number of hydrogen-bond acceptors (Lipinski definition) is 4. The molecular formula is C15H17F2N3S. The number of nitrogens with two attached hydrogens (primary N) is 1. The molecule has 2 N–H and O–H groups in total. The van der Waals surface area contributed by atoms with Crippen molar-refractivity contribution in [3.8, 4) is 10.6 Å². The summed E-state index contributed by atoms with van der Waals surface area (Å²) in [6.45, 7) is 3.36. The van der Waals surface area contributed by atoms with Crippen LogP contribution in [0.2, 0.25) is 0 Å². The second-order valence-corrected chi connectivity index (χ2v) is 6.24. The van der Waals surface area contributed by atoms with Crippen LogP contribution in [0.25, 0.3) is 10.6 Å². The summed E-state index contributed by atoms with van der Waals surface area (Å²) in [5, 5.41) is 0.441. The summed E-state index contributed by atoms with van der Waals surface area (Å²) in [5.41, 5.74) is 6.50. The lowest BCUT2D eigenvalue weighted by atomic mass is 10.1. The lowest BCUT2D eigenvalue weighted by molar-refractivity contribution is 0.254. The third-order valence-corrected chi connectivity index (χ3v) is 4.77. The van der Waals surface area contributed by atoms with E-state index in [1.807, 2.05) is 0 Å². The highest BCUT2D eigenvalue weighted by molar-refractivity contribution is 7.15. The molecule has 1 aliphatic rings. The number of fused-ring (bicyclic) bond motifs is 1. The predicted octanol–water partition coefficient (Wildman–Crippen LogP) is 2.80. The van der Waals surface area contributed by atoms with Crippen LogP contribution in [0, 0.1) is 11.6 Å². The number of thiazole rings is 1. The highest BCUT2D eigenvalue weighted by atomic mass is 32.1. The zero-order valence-corrected chi connectivity index (χ0v) is 12.4. The molecule has 21 heavy (non-hydrogen) atoms. The average Bonchev–Trinajstić information content (AvgIpc) is 2.87. The molecule has 6 heteroatoms. The predicted molar refractivity (Wildman–Crippen MR) is 80.1 cm³/mol. The topological polar surface area (TPSA) is 42.1 Å². The van der Waals surface area contributed by atoms with Gasteiger partial charge in [0, 0.05) is 24.4 Å². The number of benzene rings is 1. The molecule has 1 aliphatic heterocycles. The van der Waals surface area contributed by atoms with Crippen LogP contribution >= 0.6 is 11.3 Å². The van der Waals surface area contributed by atoms with Crippen LogP contribution in [-0.2, 0) is 13.0 Å². The summed E-state index contributed by atoms with van der Waals surface area (Å²) in [6, 6.07) is 3.91. The highest BCUT2D eigenvalue weighted by Crippen LogP contribution is 2.34. The highest BCUT2D eigenvalue weighted by Gasteiger charge is 2.23. The normalized spacial score (nSPS) is 15.2. The molecular weight excluding hydrogens is 292 g/mol. The number of halogens is 2. The van der Waals surface area contributed by atoms with Gasteiger partial charge in [0.2, 0.25) is 0 Å². The second kappa shape index (κ2) is 6.17. The Hall–Kier alpha value is -1.37. The van der Waals surface area contributed by atoms with E-state index in [1.54, 1.807) is 0 Å². The molecule has 3 nitrogen and oxygen atoms in total. The van der Waals surface area contributed by atoms with Gasteiger partial charge in [0.25, 0.3) is 0 Å². The average molecular weight is 309 g/mol. The molecule has 2 aromatic rings. The van der Waals surface area contributed by atoms with Crippen LogP contribution in [0.5, 0.6) is 0 Å². The van der Waals surface area contributed by atoms with Gasteiger partial charge in [0.05, 0.1) is 11.3 Å². The van der Waals surface area contributed by atoms with Gasteiger partial charge in [-0.1, -0.05) is 6.07 Å². The fourth-order valence-corrected chi connectivity index (χ4v) is 3.76. The van der Waals surface area contributed by atoms with Crippen molar-refractivity contribution in [1.82, 2.24) is 9.88 Å². The van der Waals surface area contributed by atoms with E-state index < -0.39 is 11.6 Å². The molecule has 0 atom stereocenters. The van der Waals surface area contributed by atoms with Gasteiger partial charge in [-0.2, -0.15) is 0 Å². The van der Waals surface area contributed by atoms with Crippen LogP contribution in [0.1, 0.15) is 17.0 Å². The van der Waals surface area contributed by atoms with Gasteiger partial charge in [-0.25, -0.2) is 13.8 Å². The Morgan fingerprint density at radius 3 is 2.76 bits per heavy atom. The first kappa shape index (κ1) is 14.6. The third-order valence-electron chi connectivity index (χ3n) is 3.67. The van der Waals surface area contributed by atoms with Crippen molar-refractivity contribution < 1.29 is 8.78 Å². The molecule has 2 heterocycles. The molecule has 1 aromatic heterocycles. The maximum absolute atomic E-state index is 13.8. The lowest BCUT2D eigenvalue weighted by Gasteiger charge is -2.25. The van der Waals surface area contributed by atoms with Crippen LogP contribution in [0.3, 0.4) is 0 Å². The molecule has 0 radical (unpaired) electrons. The number of aromatic nitrogens is 1. The standard InChI is InChI=1S/C15H17F2N3S/c16-10-3-1-4-11(17)14(10)15-19-12-5-8-20(7-2-6-18)9-13(12)21-15/h1,3-4H,2,5-9,18H2. The molecule has 1 aromatic carbocycles. The van der Waals surface area contributed by atoms with Gasteiger partial charge in [-0.3, -0.25) is 4.90 Å². The maximum atomic E-state index is 13.8. The monoisotopic (exact) mass is 309 g/mol. The SMILES string of the molecule is NCCCN1CCc2nc(-c3c(F)cccc3F)sc2C1. The minimum absolute atomic E-state index is 0.00888. The quantitative estimate of drug-likeness (QED) is 0.944. The second-order valence-electron chi connectivity index (χ2n) is 5.15. The van der Waals surface area contributed by atoms with Crippen LogP contribution in [0.15, 0.2) is 18.2 Å². The summed E-state index contributed by atoms with van der Waals surface area (Å²) >= 11 is 1.39. The molecule has 0 amide bonds. The Balaban J connectivity index is 1.87. The van der Waals surface area contributed by atoms with Gasteiger partial charge >= 0.3 is 0 Å². The van der Waals surface area contributed by atoms with E-state index in [1.165, 1.54) is 29.5 Å². The van der Waals surface area contributed by atoms with Gasteiger partial charge in [0.15, 0.2) is 0 Å². The van der Waals surface area contributed by atoms with Gasteiger partial charge in [0.1, 0.15) is 16.6 Å². The van der Waals surface area contributed by atoms with Crippen LogP contribution in [0.4, 0.5) is 8.78 Å². The van der Waals surface area contributed by atoms with Crippen molar-refractivity contribution in [1.29, 1.82) is 0 Å². The summed E-state index contributed by atoms with van der Waals surface area (Å²) in [6.07, 6.45) is 1.79. The Bertz CT molecular complexity index is 622. The first-order valence-corrected chi connectivity index (χ1v) is 7.86. The Morgan fingerprint density at radius 1 is 1.29 bits per heavy atom. The summed E-state index contributed by atoms with van der Waals surface area (Å²) in [4.78, 5) is 7.87. The zero-order chi connectivity index (χ0) is 14.8. The van der Waals surface area contributed by atoms with Gasteiger partial charge in [-0.05, 0) is 31.6 Å². The molecule has 0 bridgehead atoms. The van der Waals surface area contributed by atoms with Crippen LogP contribution in [-0.4, -0.2) is 29.5 Å². The number of rotatable bonds is 4. The van der Waals surface area contributed by atoms with E-state index >= 15 is 0 Å². The number of nitrogens with zero attached hydrogens (tertiary/aromatic N) is 2. The lowest BCUT2D eigenvalue weighted by Crippen LogP contribution is -2.31. The molecule has 0 fully saturated rings. The van der Waals surface area contributed by atoms with Crippen molar-refractivity contribution in [2.45, 2.75) is 19.4 Å². The molecule has 112 valence electrons. The van der Waals surface area contributed by atoms with E-state index in [2.05, 4.69) is 9.88 Å². The summed E-state index contributed by atoms with van der Waals surface area (Å²) in [7, 11) is 0. The molecule has 0 saturated heterocycles.